The first kappa shape index (κ1) is 13.4. The lowest BCUT2D eigenvalue weighted by Crippen LogP contribution is -2.18. The summed E-state index contributed by atoms with van der Waals surface area (Å²) in [4.78, 5) is 10.8. The summed E-state index contributed by atoms with van der Waals surface area (Å²) in [6.07, 6.45) is 3.02. The third kappa shape index (κ3) is 2.37. The van der Waals surface area contributed by atoms with Crippen molar-refractivity contribution in [1.82, 2.24) is 0 Å². The van der Waals surface area contributed by atoms with E-state index in [0.717, 1.165) is 18.9 Å². The maximum Gasteiger partial charge on any atom is 0.335 e. The Morgan fingerprint density at radius 2 is 1.89 bits per heavy atom. The molecular weight excluding hydrogens is 276 g/mol. The second-order valence-electron chi connectivity index (χ2n) is 4.40. The highest BCUT2D eigenvalue weighted by Gasteiger charge is 2.32. The van der Waals surface area contributed by atoms with E-state index in [-0.39, 0.29) is 15.5 Å². The quantitative estimate of drug-likeness (QED) is 0.928. The molecule has 98 valence electrons. The Balaban J connectivity index is 2.49. The molecule has 1 aliphatic carbocycles. The van der Waals surface area contributed by atoms with Gasteiger partial charge >= 0.3 is 5.97 Å². The summed E-state index contributed by atoms with van der Waals surface area (Å²) in [6.45, 7) is 0. The zero-order chi connectivity index (χ0) is 13.3. The third-order valence-corrected chi connectivity index (χ3v) is 5.97. The van der Waals surface area contributed by atoms with Crippen LogP contribution in [-0.2, 0) is 9.84 Å². The smallest absolute Gasteiger partial charge is 0.335 e. The van der Waals surface area contributed by atoms with Crippen LogP contribution in [0.3, 0.4) is 0 Å². The Bertz CT molecular complexity index is 574. The number of carbonyl (C=O) groups is 1. The minimum absolute atomic E-state index is 0.0593. The summed E-state index contributed by atoms with van der Waals surface area (Å²) in [5, 5.41) is 8.55. The van der Waals surface area contributed by atoms with Crippen molar-refractivity contribution in [2.75, 3.05) is 0 Å². The number of rotatable bonds is 3. The van der Waals surface area contributed by atoms with Crippen LogP contribution in [0.2, 0.25) is 5.02 Å². The van der Waals surface area contributed by atoms with Crippen molar-refractivity contribution in [2.24, 2.45) is 0 Å². The predicted molar refractivity (Wildman–Crippen MR) is 67.9 cm³/mol. The van der Waals surface area contributed by atoms with Gasteiger partial charge in [0, 0.05) is 0 Å². The van der Waals surface area contributed by atoms with E-state index in [0.29, 0.717) is 12.8 Å². The third-order valence-electron chi connectivity index (χ3n) is 3.23. The van der Waals surface area contributed by atoms with Crippen LogP contribution in [0.15, 0.2) is 23.1 Å². The van der Waals surface area contributed by atoms with Gasteiger partial charge in [0.2, 0.25) is 0 Å². The monoisotopic (exact) mass is 288 g/mol. The topological polar surface area (TPSA) is 71.4 Å². The van der Waals surface area contributed by atoms with E-state index in [2.05, 4.69) is 0 Å². The molecule has 1 aromatic rings. The van der Waals surface area contributed by atoms with Crippen molar-refractivity contribution in [2.45, 2.75) is 35.8 Å². The summed E-state index contributed by atoms with van der Waals surface area (Å²) in [5.74, 6) is -1.16. The van der Waals surface area contributed by atoms with E-state index in [4.69, 9.17) is 16.7 Å². The van der Waals surface area contributed by atoms with Gasteiger partial charge in [-0.3, -0.25) is 0 Å². The van der Waals surface area contributed by atoms with Crippen LogP contribution in [0.25, 0.3) is 0 Å². The molecule has 6 heteroatoms. The number of benzene rings is 1. The molecule has 1 fully saturated rings. The fourth-order valence-electron chi connectivity index (χ4n) is 2.23. The first-order chi connectivity index (χ1) is 8.43. The van der Waals surface area contributed by atoms with E-state index in [1.165, 1.54) is 12.1 Å². The molecule has 18 heavy (non-hydrogen) atoms. The number of carboxylic acid groups (broad SMARTS) is 1. The molecule has 0 saturated heterocycles. The van der Waals surface area contributed by atoms with E-state index < -0.39 is 21.1 Å². The van der Waals surface area contributed by atoms with Crippen LogP contribution in [-0.4, -0.2) is 24.7 Å². The minimum atomic E-state index is -3.52. The summed E-state index contributed by atoms with van der Waals surface area (Å²) >= 11 is 5.89. The van der Waals surface area contributed by atoms with Gasteiger partial charge in [-0.1, -0.05) is 24.4 Å². The van der Waals surface area contributed by atoms with Gasteiger partial charge in [-0.15, -0.1) is 0 Å². The molecule has 0 aromatic heterocycles. The zero-order valence-electron chi connectivity index (χ0n) is 9.60. The molecule has 1 saturated carbocycles. The molecule has 1 N–H and O–H groups in total. The highest BCUT2D eigenvalue weighted by molar-refractivity contribution is 7.92. The van der Waals surface area contributed by atoms with Crippen molar-refractivity contribution in [1.29, 1.82) is 0 Å². The maximum atomic E-state index is 12.4. The number of aromatic carboxylic acids is 1. The average molecular weight is 289 g/mol. The number of halogens is 1. The molecule has 0 radical (unpaired) electrons. The van der Waals surface area contributed by atoms with E-state index in [1.54, 1.807) is 0 Å². The van der Waals surface area contributed by atoms with Crippen LogP contribution in [0, 0.1) is 0 Å². The Hall–Kier alpha value is -1.07. The summed E-state index contributed by atoms with van der Waals surface area (Å²) in [6, 6.07) is 3.78. The molecule has 4 nitrogen and oxygen atoms in total. The summed E-state index contributed by atoms with van der Waals surface area (Å²) < 4.78 is 24.7. The van der Waals surface area contributed by atoms with Crippen LogP contribution in [0.5, 0.6) is 0 Å². The number of hydrogen-bond acceptors (Lipinski definition) is 3. The molecule has 0 atom stereocenters. The summed E-state index contributed by atoms with van der Waals surface area (Å²) in [7, 11) is -3.52. The zero-order valence-corrected chi connectivity index (χ0v) is 11.2. The fourth-order valence-corrected chi connectivity index (χ4v) is 4.62. The molecule has 0 spiro atoms. The Labute approximate surface area is 110 Å². The Morgan fingerprint density at radius 3 is 2.44 bits per heavy atom. The van der Waals surface area contributed by atoms with Crippen molar-refractivity contribution < 1.29 is 18.3 Å². The highest BCUT2D eigenvalue weighted by Crippen LogP contribution is 2.33. The first-order valence-corrected chi connectivity index (χ1v) is 7.62. The molecule has 0 unspecified atom stereocenters. The van der Waals surface area contributed by atoms with E-state index in [9.17, 15) is 13.2 Å². The number of hydrogen-bond donors (Lipinski definition) is 1. The van der Waals surface area contributed by atoms with Gasteiger partial charge in [-0.25, -0.2) is 13.2 Å². The van der Waals surface area contributed by atoms with Gasteiger partial charge < -0.3 is 5.11 Å². The molecule has 1 aromatic carbocycles. The Kier molecular flexibility index (Phi) is 3.64. The van der Waals surface area contributed by atoms with Crippen LogP contribution in [0.1, 0.15) is 36.0 Å². The molecular formula is C12H13ClO4S. The Morgan fingerprint density at radius 1 is 1.28 bits per heavy atom. The van der Waals surface area contributed by atoms with Gasteiger partial charge in [0.15, 0.2) is 9.84 Å². The molecule has 0 aliphatic heterocycles. The average Bonchev–Trinajstić information content (AvgIpc) is 2.82. The predicted octanol–water partition coefficient (Wildman–Crippen LogP) is 2.75. The van der Waals surface area contributed by atoms with Crippen LogP contribution < -0.4 is 0 Å². The van der Waals surface area contributed by atoms with Crippen molar-refractivity contribution >= 4 is 27.4 Å². The second kappa shape index (κ2) is 4.90. The van der Waals surface area contributed by atoms with Gasteiger partial charge in [-0.2, -0.15) is 0 Å². The minimum Gasteiger partial charge on any atom is -0.478 e. The van der Waals surface area contributed by atoms with Crippen molar-refractivity contribution in [3.05, 3.63) is 28.8 Å². The maximum absolute atomic E-state index is 12.4. The van der Waals surface area contributed by atoms with Gasteiger partial charge in [0.05, 0.1) is 20.7 Å². The first-order valence-electron chi connectivity index (χ1n) is 5.69. The lowest BCUT2D eigenvalue weighted by Gasteiger charge is -2.13. The molecule has 2 rings (SSSR count). The van der Waals surface area contributed by atoms with Gasteiger partial charge in [0.1, 0.15) is 0 Å². The second-order valence-corrected chi connectivity index (χ2v) is 7.01. The molecule has 0 heterocycles. The van der Waals surface area contributed by atoms with E-state index in [1.807, 2.05) is 0 Å². The van der Waals surface area contributed by atoms with Crippen molar-refractivity contribution in [3.63, 3.8) is 0 Å². The van der Waals surface area contributed by atoms with Crippen molar-refractivity contribution in [3.8, 4) is 0 Å². The molecule has 0 bridgehead atoms. The standard InChI is InChI=1S/C12H13ClO4S/c13-10-6-5-8(12(14)15)7-11(10)18(16,17)9-3-1-2-4-9/h5-7,9H,1-4H2,(H,14,15). The van der Waals surface area contributed by atoms with Gasteiger partial charge in [0.25, 0.3) is 0 Å². The van der Waals surface area contributed by atoms with Gasteiger partial charge in [-0.05, 0) is 31.0 Å². The van der Waals surface area contributed by atoms with Crippen LogP contribution >= 0.6 is 11.6 Å². The number of sulfone groups is 1. The fraction of sp³-hybridized carbons (Fsp3) is 0.417. The lowest BCUT2D eigenvalue weighted by atomic mass is 10.2. The molecule has 0 amide bonds. The SMILES string of the molecule is O=C(O)c1ccc(Cl)c(S(=O)(=O)C2CCCC2)c1. The molecule has 1 aliphatic rings. The summed E-state index contributed by atoms with van der Waals surface area (Å²) in [5.41, 5.74) is -0.0593. The normalized spacial score (nSPS) is 16.9. The lowest BCUT2D eigenvalue weighted by molar-refractivity contribution is 0.0696. The largest absolute Gasteiger partial charge is 0.478 e. The highest BCUT2D eigenvalue weighted by atomic mass is 35.5. The van der Waals surface area contributed by atoms with E-state index >= 15 is 0 Å². The van der Waals surface area contributed by atoms with Crippen LogP contribution in [0.4, 0.5) is 0 Å². The number of carboxylic acids is 1.